The van der Waals surface area contributed by atoms with Crippen LogP contribution in [0.15, 0.2) is 59.3 Å². The van der Waals surface area contributed by atoms with Crippen LogP contribution >= 0.6 is 0 Å². The van der Waals surface area contributed by atoms with Crippen molar-refractivity contribution in [3.63, 3.8) is 0 Å². The molecule has 0 fully saturated rings. The first-order valence-electron chi connectivity index (χ1n) is 9.49. The van der Waals surface area contributed by atoms with Crippen LogP contribution in [0.25, 0.3) is 0 Å². The number of benzene rings is 2. The van der Waals surface area contributed by atoms with Crippen molar-refractivity contribution < 1.29 is 8.91 Å². The van der Waals surface area contributed by atoms with Gasteiger partial charge in [0, 0.05) is 11.4 Å². The molecule has 2 aromatic heterocycles. The zero-order valence-corrected chi connectivity index (χ0v) is 16.6. The van der Waals surface area contributed by atoms with Gasteiger partial charge in [0.15, 0.2) is 17.5 Å². The smallest absolute Gasteiger partial charge is 0.231 e. The molecule has 4 aromatic rings. The molecule has 2 N–H and O–H groups in total. The van der Waals surface area contributed by atoms with E-state index < -0.39 is 5.82 Å². The van der Waals surface area contributed by atoms with E-state index in [-0.39, 0.29) is 11.8 Å². The molecular weight excluding hydrogens is 397 g/mol. The van der Waals surface area contributed by atoms with Crippen molar-refractivity contribution in [2.45, 2.75) is 19.8 Å². The number of aromatic nitrogens is 4. The summed E-state index contributed by atoms with van der Waals surface area (Å²) in [5, 5.41) is 18.5. The van der Waals surface area contributed by atoms with E-state index in [1.807, 2.05) is 48.5 Å². The summed E-state index contributed by atoms with van der Waals surface area (Å²) in [7, 11) is 0. The van der Waals surface area contributed by atoms with Gasteiger partial charge in [-0.25, -0.2) is 9.37 Å². The molecule has 9 heteroatoms. The number of aryl methyl sites for hydroxylation is 1. The number of halogens is 1. The van der Waals surface area contributed by atoms with Gasteiger partial charge in [0.05, 0.1) is 25.1 Å². The second-order valence-electron chi connectivity index (χ2n) is 6.78. The average molecular weight is 415 g/mol. The van der Waals surface area contributed by atoms with E-state index in [0.29, 0.717) is 30.2 Å². The fourth-order valence-electron chi connectivity index (χ4n) is 2.87. The van der Waals surface area contributed by atoms with Crippen molar-refractivity contribution in [2.24, 2.45) is 0 Å². The molecule has 0 atom stereocenters. The molecule has 0 saturated heterocycles. The lowest BCUT2D eigenvalue weighted by Gasteiger charge is -2.10. The molecule has 31 heavy (non-hydrogen) atoms. The monoisotopic (exact) mass is 415 g/mol. The number of rotatable bonds is 7. The number of hydrogen-bond donors (Lipinski definition) is 2. The summed E-state index contributed by atoms with van der Waals surface area (Å²) < 4.78 is 19.4. The summed E-state index contributed by atoms with van der Waals surface area (Å²) in [6.45, 7) is 1.77. The number of nitriles is 1. The maximum atomic E-state index is 14.2. The van der Waals surface area contributed by atoms with E-state index in [9.17, 15) is 4.39 Å². The molecule has 4 rings (SSSR count). The summed E-state index contributed by atoms with van der Waals surface area (Å²) in [4.78, 5) is 12.4. The Balaban J connectivity index is 1.44. The van der Waals surface area contributed by atoms with Crippen molar-refractivity contribution in [3.8, 4) is 6.07 Å². The zero-order chi connectivity index (χ0) is 21.6. The van der Waals surface area contributed by atoms with Crippen LogP contribution in [0.3, 0.4) is 0 Å². The Labute approximate surface area is 177 Å². The molecule has 2 aromatic carbocycles. The van der Waals surface area contributed by atoms with Crippen LogP contribution in [-0.4, -0.2) is 20.1 Å². The Morgan fingerprint density at radius 1 is 0.968 bits per heavy atom. The molecule has 0 amide bonds. The molecule has 0 aliphatic carbocycles. The third-order valence-corrected chi connectivity index (χ3v) is 4.38. The molecular formula is C22H18FN7O. The Kier molecular flexibility index (Phi) is 5.80. The van der Waals surface area contributed by atoms with E-state index in [1.165, 1.54) is 0 Å². The van der Waals surface area contributed by atoms with Gasteiger partial charge in [-0.1, -0.05) is 29.4 Å². The lowest BCUT2D eigenvalue weighted by molar-refractivity contribution is 0.381. The van der Waals surface area contributed by atoms with E-state index >= 15 is 0 Å². The van der Waals surface area contributed by atoms with E-state index in [1.54, 1.807) is 6.92 Å². The van der Waals surface area contributed by atoms with E-state index in [0.717, 1.165) is 23.0 Å². The molecule has 0 spiro atoms. The third kappa shape index (κ3) is 5.19. The van der Waals surface area contributed by atoms with Crippen molar-refractivity contribution in [1.82, 2.24) is 20.1 Å². The molecule has 0 radical (unpaired) electrons. The first kappa shape index (κ1) is 20.0. The minimum atomic E-state index is -0.569. The molecule has 2 heterocycles. The van der Waals surface area contributed by atoms with Gasteiger partial charge in [-0.2, -0.15) is 15.2 Å². The summed E-state index contributed by atoms with van der Waals surface area (Å²) in [6.07, 6.45) is 1.97. The van der Waals surface area contributed by atoms with Gasteiger partial charge < -0.3 is 15.2 Å². The first-order valence-corrected chi connectivity index (χ1v) is 9.49. The predicted molar refractivity (Wildman–Crippen MR) is 113 cm³/mol. The van der Waals surface area contributed by atoms with E-state index in [4.69, 9.17) is 9.78 Å². The normalized spacial score (nSPS) is 10.5. The Bertz CT molecular complexity index is 1210. The molecule has 154 valence electrons. The standard InChI is InChI=1S/C22H18FN7O/c1-14-26-20(31-30-14)12-16-4-8-17(9-5-16)27-21-19(23)13-25-22(29-21)28-18-6-2-15(3-7-18)10-11-24/h2-9,13H,10,12H2,1H3,(H2,25,27,28,29). The average Bonchev–Trinajstić information content (AvgIpc) is 3.18. The van der Waals surface area contributed by atoms with Crippen LogP contribution in [-0.2, 0) is 12.8 Å². The molecule has 0 unspecified atom stereocenters. The largest absolute Gasteiger partial charge is 0.339 e. The second-order valence-corrected chi connectivity index (χ2v) is 6.78. The summed E-state index contributed by atoms with van der Waals surface area (Å²) in [5.41, 5.74) is 3.31. The fourth-order valence-corrected chi connectivity index (χ4v) is 2.87. The van der Waals surface area contributed by atoms with Gasteiger partial charge >= 0.3 is 0 Å². The second kappa shape index (κ2) is 9.00. The summed E-state index contributed by atoms with van der Waals surface area (Å²) >= 11 is 0. The molecule has 0 bridgehead atoms. The molecule has 0 aliphatic rings. The van der Waals surface area contributed by atoms with Crippen LogP contribution in [0.2, 0.25) is 0 Å². The Morgan fingerprint density at radius 3 is 2.29 bits per heavy atom. The minimum Gasteiger partial charge on any atom is -0.339 e. The van der Waals surface area contributed by atoms with Crippen LogP contribution in [0.4, 0.5) is 27.5 Å². The van der Waals surface area contributed by atoms with Gasteiger partial charge in [0.2, 0.25) is 11.8 Å². The van der Waals surface area contributed by atoms with Crippen molar-refractivity contribution in [3.05, 3.63) is 83.4 Å². The van der Waals surface area contributed by atoms with Gasteiger partial charge in [-0.15, -0.1) is 0 Å². The van der Waals surface area contributed by atoms with Gasteiger partial charge in [0.1, 0.15) is 0 Å². The number of nitrogens with zero attached hydrogens (tertiary/aromatic N) is 5. The summed E-state index contributed by atoms with van der Waals surface area (Å²) in [5.74, 6) is 0.867. The van der Waals surface area contributed by atoms with Crippen molar-refractivity contribution in [1.29, 1.82) is 5.26 Å². The summed E-state index contributed by atoms with van der Waals surface area (Å²) in [6, 6.07) is 16.8. The maximum absolute atomic E-state index is 14.2. The first-order chi connectivity index (χ1) is 15.1. The highest BCUT2D eigenvalue weighted by atomic mass is 19.1. The van der Waals surface area contributed by atoms with Crippen LogP contribution < -0.4 is 10.6 Å². The SMILES string of the molecule is Cc1noc(Cc2ccc(Nc3nc(Nc4ccc(CC#N)cc4)ncc3F)cc2)n1. The van der Waals surface area contributed by atoms with Gasteiger partial charge in [-0.3, -0.25) is 0 Å². The van der Waals surface area contributed by atoms with Crippen LogP contribution in [0.1, 0.15) is 22.8 Å². The fraction of sp³-hybridized carbons (Fsp3) is 0.136. The minimum absolute atomic E-state index is 0.0545. The lowest BCUT2D eigenvalue weighted by atomic mass is 10.1. The highest BCUT2D eigenvalue weighted by molar-refractivity contribution is 5.60. The van der Waals surface area contributed by atoms with Gasteiger partial charge in [-0.05, 0) is 42.3 Å². The Morgan fingerprint density at radius 2 is 1.65 bits per heavy atom. The quantitative estimate of drug-likeness (QED) is 0.455. The maximum Gasteiger partial charge on any atom is 0.231 e. The molecule has 0 saturated carbocycles. The van der Waals surface area contributed by atoms with Crippen LogP contribution in [0, 0.1) is 24.1 Å². The highest BCUT2D eigenvalue weighted by Crippen LogP contribution is 2.21. The topological polar surface area (TPSA) is 113 Å². The predicted octanol–water partition coefficient (Wildman–Crippen LogP) is 4.45. The van der Waals surface area contributed by atoms with E-state index in [2.05, 4.69) is 36.8 Å². The lowest BCUT2D eigenvalue weighted by Crippen LogP contribution is -2.03. The Hall–Kier alpha value is -4.32. The molecule has 8 nitrogen and oxygen atoms in total. The highest BCUT2D eigenvalue weighted by Gasteiger charge is 2.09. The van der Waals surface area contributed by atoms with Gasteiger partial charge in [0.25, 0.3) is 0 Å². The number of anilines is 4. The number of hydrogen-bond acceptors (Lipinski definition) is 8. The molecule has 0 aliphatic heterocycles. The van der Waals surface area contributed by atoms with Crippen LogP contribution in [0.5, 0.6) is 0 Å². The van der Waals surface area contributed by atoms with Crippen molar-refractivity contribution in [2.75, 3.05) is 10.6 Å². The zero-order valence-electron chi connectivity index (χ0n) is 16.6. The van der Waals surface area contributed by atoms with Crippen molar-refractivity contribution >= 4 is 23.1 Å². The number of nitrogens with one attached hydrogen (secondary N) is 2. The third-order valence-electron chi connectivity index (χ3n) is 4.38.